The number of halogens is 1. The quantitative estimate of drug-likeness (QED) is 0.417. The number of methoxy groups -OCH3 is 3. The number of rotatable bonds is 9. The van der Waals surface area contributed by atoms with Crippen LogP contribution in [0.25, 0.3) is 0 Å². The number of amides is 1. The van der Waals surface area contributed by atoms with Crippen molar-refractivity contribution < 1.29 is 27.4 Å². The number of anilines is 1. The summed E-state index contributed by atoms with van der Waals surface area (Å²) in [5.74, 6) is 0.420. The number of fused-ring (bicyclic) bond motifs is 1. The summed E-state index contributed by atoms with van der Waals surface area (Å²) in [6, 6.07) is 16.6. The number of carbonyl (C=O) groups excluding carboxylic acids is 1. The maximum atomic E-state index is 14.0. The maximum Gasteiger partial charge on any atom is 0.265 e. The summed E-state index contributed by atoms with van der Waals surface area (Å²) in [6.45, 7) is -0.480. The zero-order valence-corrected chi connectivity index (χ0v) is 22.4. The van der Waals surface area contributed by atoms with Crippen LogP contribution < -0.4 is 23.8 Å². The largest absolute Gasteiger partial charge is 0.495 e. The molecule has 1 amide bonds. The van der Waals surface area contributed by atoms with E-state index in [1.165, 1.54) is 51.2 Å². The van der Waals surface area contributed by atoms with Crippen LogP contribution in [-0.2, 0) is 21.2 Å². The minimum Gasteiger partial charge on any atom is -0.495 e. The first-order valence-electron chi connectivity index (χ1n) is 11.7. The van der Waals surface area contributed by atoms with E-state index in [-0.39, 0.29) is 28.1 Å². The molecule has 8 nitrogen and oxygen atoms in total. The summed E-state index contributed by atoms with van der Waals surface area (Å²) in [5.41, 5.74) is 2.38. The second-order valence-corrected chi connectivity index (χ2v) is 10.9. The first-order valence-corrected chi connectivity index (χ1v) is 13.6. The Morgan fingerprint density at radius 2 is 1.68 bits per heavy atom. The van der Waals surface area contributed by atoms with Crippen LogP contribution in [0.4, 0.5) is 5.69 Å². The predicted molar refractivity (Wildman–Crippen MR) is 142 cm³/mol. The molecule has 3 aromatic rings. The number of carbonyl (C=O) groups is 1. The van der Waals surface area contributed by atoms with Gasteiger partial charge in [0.1, 0.15) is 12.3 Å². The fourth-order valence-electron chi connectivity index (χ4n) is 4.54. The first-order chi connectivity index (χ1) is 17.8. The number of aryl methyl sites for hydroxylation is 1. The number of sulfonamides is 1. The summed E-state index contributed by atoms with van der Waals surface area (Å²) in [4.78, 5) is 13.3. The second kappa shape index (κ2) is 11.3. The Morgan fingerprint density at radius 3 is 2.41 bits per heavy atom. The van der Waals surface area contributed by atoms with E-state index in [1.54, 1.807) is 12.1 Å². The van der Waals surface area contributed by atoms with E-state index in [0.717, 1.165) is 29.1 Å². The highest BCUT2D eigenvalue weighted by Gasteiger charge is 2.32. The Bertz CT molecular complexity index is 1400. The van der Waals surface area contributed by atoms with Crippen LogP contribution in [0.5, 0.6) is 17.2 Å². The lowest BCUT2D eigenvalue weighted by Crippen LogP contribution is -2.42. The summed E-state index contributed by atoms with van der Waals surface area (Å²) >= 11 is 6.24. The van der Waals surface area contributed by atoms with Crippen molar-refractivity contribution >= 4 is 33.2 Å². The zero-order valence-electron chi connectivity index (χ0n) is 20.9. The van der Waals surface area contributed by atoms with Crippen molar-refractivity contribution in [1.82, 2.24) is 5.32 Å². The molecule has 3 aromatic carbocycles. The molecule has 0 saturated carbocycles. The summed E-state index contributed by atoms with van der Waals surface area (Å²) in [5, 5.41) is 3.32. The molecule has 1 aliphatic carbocycles. The lowest BCUT2D eigenvalue weighted by atomic mass is 9.88. The van der Waals surface area contributed by atoms with Crippen LogP contribution in [0, 0.1) is 0 Å². The monoisotopic (exact) mass is 544 g/mol. The second-order valence-electron chi connectivity index (χ2n) is 8.56. The van der Waals surface area contributed by atoms with Gasteiger partial charge < -0.3 is 19.5 Å². The Labute approximate surface area is 222 Å². The Kier molecular flexibility index (Phi) is 8.14. The number of hydrogen-bond acceptors (Lipinski definition) is 6. The molecule has 0 radical (unpaired) electrons. The van der Waals surface area contributed by atoms with Gasteiger partial charge in [-0.3, -0.25) is 9.10 Å². The Balaban J connectivity index is 1.72. The van der Waals surface area contributed by atoms with Crippen LogP contribution in [0.3, 0.4) is 0 Å². The molecule has 0 spiro atoms. The molecule has 0 saturated heterocycles. The van der Waals surface area contributed by atoms with Gasteiger partial charge in [0.05, 0.1) is 38.0 Å². The molecular formula is C27H29ClN2O6S. The molecule has 0 aliphatic heterocycles. The highest BCUT2D eigenvalue weighted by atomic mass is 35.5. The van der Waals surface area contributed by atoms with Gasteiger partial charge in [-0.15, -0.1) is 0 Å². The third kappa shape index (κ3) is 5.62. The smallest absolute Gasteiger partial charge is 0.265 e. The number of hydrogen-bond donors (Lipinski definition) is 1. The Morgan fingerprint density at radius 1 is 0.973 bits per heavy atom. The van der Waals surface area contributed by atoms with Gasteiger partial charge in [-0.2, -0.15) is 0 Å². The topological polar surface area (TPSA) is 94.2 Å². The molecular weight excluding hydrogens is 516 g/mol. The number of nitrogens with one attached hydrogen (secondary N) is 1. The maximum absolute atomic E-state index is 14.0. The minimum atomic E-state index is -4.26. The van der Waals surface area contributed by atoms with Crippen molar-refractivity contribution in [1.29, 1.82) is 0 Å². The van der Waals surface area contributed by atoms with Gasteiger partial charge >= 0.3 is 0 Å². The molecule has 4 rings (SSSR count). The van der Waals surface area contributed by atoms with Crippen LogP contribution in [-0.4, -0.2) is 42.2 Å². The SMILES string of the molecule is COc1ccc(S(=O)(=O)N(CC(=O)N[C@H]2CCCc3ccccc32)c2cc(Cl)ccc2OC)cc1OC. The summed E-state index contributed by atoms with van der Waals surface area (Å²) in [7, 11) is 0.0438. The van der Waals surface area contributed by atoms with E-state index in [1.807, 2.05) is 18.2 Å². The van der Waals surface area contributed by atoms with Gasteiger partial charge in [0, 0.05) is 11.1 Å². The van der Waals surface area contributed by atoms with Crippen molar-refractivity contribution in [2.24, 2.45) is 0 Å². The normalized spacial score (nSPS) is 14.9. The minimum absolute atomic E-state index is 0.0806. The van der Waals surface area contributed by atoms with Crippen molar-refractivity contribution in [3.8, 4) is 17.2 Å². The molecule has 0 heterocycles. The average Bonchev–Trinajstić information content (AvgIpc) is 2.91. The molecule has 10 heteroatoms. The molecule has 196 valence electrons. The third-order valence-electron chi connectivity index (χ3n) is 6.34. The third-order valence-corrected chi connectivity index (χ3v) is 8.34. The van der Waals surface area contributed by atoms with Crippen molar-refractivity contribution in [3.05, 3.63) is 76.8 Å². The molecule has 0 aromatic heterocycles. The van der Waals surface area contributed by atoms with Crippen molar-refractivity contribution in [2.75, 3.05) is 32.2 Å². The highest BCUT2D eigenvalue weighted by molar-refractivity contribution is 7.92. The van der Waals surface area contributed by atoms with E-state index in [4.69, 9.17) is 25.8 Å². The molecule has 1 atom stereocenters. The first kappa shape index (κ1) is 26.6. The van der Waals surface area contributed by atoms with Crippen molar-refractivity contribution in [2.45, 2.75) is 30.2 Å². The molecule has 1 N–H and O–H groups in total. The van der Waals surface area contributed by atoms with E-state index < -0.39 is 22.5 Å². The van der Waals surface area contributed by atoms with E-state index >= 15 is 0 Å². The number of ether oxygens (including phenoxy) is 3. The molecule has 0 unspecified atom stereocenters. The summed E-state index contributed by atoms with van der Waals surface area (Å²) < 4.78 is 44.9. The zero-order chi connectivity index (χ0) is 26.6. The van der Waals surface area contributed by atoms with E-state index in [2.05, 4.69) is 11.4 Å². The lowest BCUT2D eigenvalue weighted by Gasteiger charge is -2.29. The fourth-order valence-corrected chi connectivity index (χ4v) is 6.14. The van der Waals surface area contributed by atoms with Gasteiger partial charge in [-0.05, 0) is 60.7 Å². The van der Waals surface area contributed by atoms with Gasteiger partial charge in [-0.1, -0.05) is 35.9 Å². The number of benzene rings is 3. The van der Waals surface area contributed by atoms with Crippen molar-refractivity contribution in [3.63, 3.8) is 0 Å². The van der Waals surface area contributed by atoms with Crippen LogP contribution in [0.2, 0.25) is 5.02 Å². The highest BCUT2D eigenvalue weighted by Crippen LogP contribution is 2.37. The molecule has 0 fully saturated rings. The fraction of sp³-hybridized carbons (Fsp3) is 0.296. The standard InChI is InChI=1S/C27H29ClN2O6S/c1-34-24-13-11-19(28)15-23(24)30(37(32,33)20-12-14-25(35-2)26(16-20)36-3)17-27(31)29-22-10-6-8-18-7-4-5-9-21(18)22/h4-5,7,9,11-16,22H,6,8,10,17H2,1-3H3,(H,29,31)/t22-/m0/s1. The van der Waals surface area contributed by atoms with Crippen LogP contribution >= 0.6 is 11.6 Å². The molecule has 37 heavy (non-hydrogen) atoms. The van der Waals surface area contributed by atoms with Crippen LogP contribution in [0.15, 0.2) is 65.6 Å². The average molecular weight is 545 g/mol. The van der Waals surface area contributed by atoms with Crippen LogP contribution in [0.1, 0.15) is 30.0 Å². The van der Waals surface area contributed by atoms with Gasteiger partial charge in [-0.25, -0.2) is 8.42 Å². The van der Waals surface area contributed by atoms with E-state index in [9.17, 15) is 13.2 Å². The van der Waals surface area contributed by atoms with E-state index in [0.29, 0.717) is 10.8 Å². The molecule has 1 aliphatic rings. The predicted octanol–water partition coefficient (Wildman–Crippen LogP) is 4.75. The Hall–Kier alpha value is -3.43. The lowest BCUT2D eigenvalue weighted by molar-refractivity contribution is -0.120. The number of nitrogens with zero attached hydrogens (tertiary/aromatic N) is 1. The van der Waals surface area contributed by atoms with Gasteiger partial charge in [0.25, 0.3) is 10.0 Å². The van der Waals surface area contributed by atoms with Gasteiger partial charge in [0.2, 0.25) is 5.91 Å². The summed E-state index contributed by atoms with van der Waals surface area (Å²) in [6.07, 6.45) is 2.64. The van der Waals surface area contributed by atoms with Gasteiger partial charge in [0.15, 0.2) is 11.5 Å². The molecule has 0 bridgehead atoms.